The predicted octanol–water partition coefficient (Wildman–Crippen LogP) is 2.87. The van der Waals surface area contributed by atoms with E-state index in [-0.39, 0.29) is 11.9 Å². The summed E-state index contributed by atoms with van der Waals surface area (Å²) in [6.45, 7) is 1.80. The molecule has 0 aliphatic rings. The maximum atomic E-state index is 12.4. The maximum absolute atomic E-state index is 12.4. The number of amides is 1. The van der Waals surface area contributed by atoms with Crippen LogP contribution in [0.15, 0.2) is 73.2 Å². The van der Waals surface area contributed by atoms with Gasteiger partial charge < -0.3 is 10.4 Å². The fourth-order valence-corrected chi connectivity index (χ4v) is 2.66. The van der Waals surface area contributed by atoms with Crippen molar-refractivity contribution in [2.24, 2.45) is 0 Å². The Morgan fingerprint density at radius 2 is 1.81 bits per heavy atom. The van der Waals surface area contributed by atoms with Crippen molar-refractivity contribution in [3.05, 3.63) is 84.3 Å². The largest absolute Gasteiger partial charge is 0.391 e. The molecular weight excluding hydrogens is 326 g/mol. The topological polar surface area (TPSA) is 75.1 Å². The van der Waals surface area contributed by atoms with Crippen LogP contribution in [-0.4, -0.2) is 33.1 Å². The summed E-state index contributed by atoms with van der Waals surface area (Å²) in [5, 5.41) is 13.2. The number of carbonyl (C=O) groups is 1. The number of aliphatic hydroxyl groups is 1. The van der Waals surface area contributed by atoms with E-state index in [1.807, 2.05) is 42.5 Å². The van der Waals surface area contributed by atoms with Crippen LogP contribution in [0.3, 0.4) is 0 Å². The highest BCUT2D eigenvalue weighted by Gasteiger charge is 2.18. The minimum atomic E-state index is -0.653. The minimum absolute atomic E-state index is 0.213. The van der Waals surface area contributed by atoms with Crippen LogP contribution >= 0.6 is 0 Å². The Labute approximate surface area is 152 Å². The number of rotatable bonds is 6. The molecule has 0 aliphatic heterocycles. The zero-order valence-electron chi connectivity index (χ0n) is 14.5. The summed E-state index contributed by atoms with van der Waals surface area (Å²) in [4.78, 5) is 20.7. The second-order valence-corrected chi connectivity index (χ2v) is 6.19. The fraction of sp³-hybridized carbons (Fsp3) is 0.190. The van der Waals surface area contributed by atoms with Gasteiger partial charge in [-0.1, -0.05) is 42.5 Å². The van der Waals surface area contributed by atoms with E-state index in [1.54, 1.807) is 37.6 Å². The zero-order chi connectivity index (χ0) is 18.4. The standard InChI is InChI=1S/C21H21N3O2/c1-15(20(25)13-16-5-3-2-4-6-16)24-21(26)18-9-7-17(8-10-18)19-14-22-11-12-23-19/h2-12,14-15,20,25H,13H2,1H3,(H,24,26)/t15-,20-/m1/s1. The van der Waals surface area contributed by atoms with Gasteiger partial charge in [-0.3, -0.25) is 14.8 Å². The van der Waals surface area contributed by atoms with Crippen LogP contribution in [0, 0.1) is 0 Å². The van der Waals surface area contributed by atoms with Gasteiger partial charge in [0, 0.05) is 29.9 Å². The van der Waals surface area contributed by atoms with Gasteiger partial charge in [0.2, 0.25) is 0 Å². The molecular formula is C21H21N3O2. The molecule has 0 fully saturated rings. The van der Waals surface area contributed by atoms with Gasteiger partial charge in [-0.2, -0.15) is 0 Å². The van der Waals surface area contributed by atoms with Crippen molar-refractivity contribution in [3.8, 4) is 11.3 Å². The van der Waals surface area contributed by atoms with Crippen LogP contribution in [0.5, 0.6) is 0 Å². The first kappa shape index (κ1) is 17.8. The molecule has 0 unspecified atom stereocenters. The van der Waals surface area contributed by atoms with E-state index in [4.69, 9.17) is 0 Å². The number of benzene rings is 2. The molecule has 0 aliphatic carbocycles. The number of hydrogen-bond donors (Lipinski definition) is 2. The third-order valence-corrected chi connectivity index (χ3v) is 4.23. The average molecular weight is 347 g/mol. The number of nitrogens with one attached hydrogen (secondary N) is 1. The summed E-state index contributed by atoms with van der Waals surface area (Å²) in [5.74, 6) is -0.213. The SMILES string of the molecule is C[C@@H](NC(=O)c1ccc(-c2cnccn2)cc1)[C@H](O)Cc1ccccc1. The molecule has 1 amide bonds. The summed E-state index contributed by atoms with van der Waals surface area (Å²) >= 11 is 0. The van der Waals surface area contributed by atoms with Gasteiger partial charge in [0.25, 0.3) is 5.91 Å². The van der Waals surface area contributed by atoms with Gasteiger partial charge in [0.15, 0.2) is 0 Å². The lowest BCUT2D eigenvalue weighted by molar-refractivity contribution is 0.0852. The molecule has 0 radical (unpaired) electrons. The number of nitrogens with zero attached hydrogens (tertiary/aromatic N) is 2. The Kier molecular flexibility index (Phi) is 5.71. The van der Waals surface area contributed by atoms with E-state index in [1.165, 1.54) is 0 Å². The molecule has 0 bridgehead atoms. The van der Waals surface area contributed by atoms with E-state index < -0.39 is 6.10 Å². The normalized spacial score (nSPS) is 13.0. The van der Waals surface area contributed by atoms with Crippen molar-refractivity contribution in [2.75, 3.05) is 0 Å². The van der Waals surface area contributed by atoms with E-state index in [9.17, 15) is 9.90 Å². The van der Waals surface area contributed by atoms with E-state index in [0.29, 0.717) is 12.0 Å². The molecule has 5 nitrogen and oxygen atoms in total. The lowest BCUT2D eigenvalue weighted by Crippen LogP contribution is -2.42. The average Bonchev–Trinajstić information content (AvgIpc) is 2.69. The third-order valence-electron chi connectivity index (χ3n) is 4.23. The van der Waals surface area contributed by atoms with Crippen LogP contribution in [0.4, 0.5) is 0 Å². The molecule has 0 saturated carbocycles. The van der Waals surface area contributed by atoms with Gasteiger partial charge >= 0.3 is 0 Å². The van der Waals surface area contributed by atoms with Crippen LogP contribution in [0.25, 0.3) is 11.3 Å². The molecule has 3 aromatic rings. The molecule has 2 aromatic carbocycles. The van der Waals surface area contributed by atoms with Crippen LogP contribution in [0.1, 0.15) is 22.8 Å². The van der Waals surface area contributed by atoms with Gasteiger partial charge in [-0.15, -0.1) is 0 Å². The lowest BCUT2D eigenvalue weighted by atomic mass is 10.0. The second kappa shape index (κ2) is 8.36. The number of aromatic nitrogens is 2. The Hall–Kier alpha value is -3.05. The first-order valence-corrected chi connectivity index (χ1v) is 8.53. The zero-order valence-corrected chi connectivity index (χ0v) is 14.5. The number of hydrogen-bond acceptors (Lipinski definition) is 4. The van der Waals surface area contributed by atoms with Gasteiger partial charge in [-0.25, -0.2) is 0 Å². The van der Waals surface area contributed by atoms with Crippen molar-refractivity contribution < 1.29 is 9.90 Å². The molecule has 26 heavy (non-hydrogen) atoms. The molecule has 2 atom stereocenters. The Balaban J connectivity index is 1.60. The van der Waals surface area contributed by atoms with Crippen LogP contribution < -0.4 is 5.32 Å². The summed E-state index contributed by atoms with van der Waals surface area (Å²) in [6.07, 6.45) is 4.77. The van der Waals surface area contributed by atoms with Crippen molar-refractivity contribution >= 4 is 5.91 Å². The Morgan fingerprint density at radius 1 is 1.08 bits per heavy atom. The smallest absolute Gasteiger partial charge is 0.251 e. The maximum Gasteiger partial charge on any atom is 0.251 e. The van der Waals surface area contributed by atoms with Gasteiger partial charge in [0.05, 0.1) is 24.0 Å². The van der Waals surface area contributed by atoms with Crippen LogP contribution in [0.2, 0.25) is 0 Å². The van der Waals surface area contributed by atoms with Gasteiger partial charge in [-0.05, 0) is 24.6 Å². The Bertz CT molecular complexity index is 836. The van der Waals surface area contributed by atoms with E-state index in [2.05, 4.69) is 15.3 Å². The van der Waals surface area contributed by atoms with Crippen molar-refractivity contribution in [1.29, 1.82) is 0 Å². The van der Waals surface area contributed by atoms with E-state index >= 15 is 0 Å². The molecule has 3 rings (SSSR count). The monoisotopic (exact) mass is 347 g/mol. The van der Waals surface area contributed by atoms with Crippen molar-refractivity contribution in [2.45, 2.75) is 25.5 Å². The van der Waals surface area contributed by atoms with Crippen molar-refractivity contribution in [3.63, 3.8) is 0 Å². The van der Waals surface area contributed by atoms with Crippen molar-refractivity contribution in [1.82, 2.24) is 15.3 Å². The predicted molar refractivity (Wildman–Crippen MR) is 101 cm³/mol. The second-order valence-electron chi connectivity index (χ2n) is 6.19. The third kappa shape index (κ3) is 4.52. The first-order valence-electron chi connectivity index (χ1n) is 8.53. The fourth-order valence-electron chi connectivity index (χ4n) is 2.66. The lowest BCUT2D eigenvalue weighted by Gasteiger charge is -2.20. The molecule has 5 heteroatoms. The molecule has 1 heterocycles. The number of aliphatic hydroxyl groups excluding tert-OH is 1. The summed E-state index contributed by atoms with van der Waals surface area (Å²) in [6, 6.07) is 16.5. The highest BCUT2D eigenvalue weighted by molar-refractivity contribution is 5.94. The highest BCUT2D eigenvalue weighted by Crippen LogP contribution is 2.16. The number of carbonyl (C=O) groups excluding carboxylic acids is 1. The van der Waals surface area contributed by atoms with Crippen LogP contribution in [-0.2, 0) is 6.42 Å². The molecule has 1 aromatic heterocycles. The molecule has 0 saturated heterocycles. The summed E-state index contributed by atoms with van der Waals surface area (Å²) < 4.78 is 0. The quantitative estimate of drug-likeness (QED) is 0.719. The Morgan fingerprint density at radius 3 is 2.46 bits per heavy atom. The molecule has 0 spiro atoms. The highest BCUT2D eigenvalue weighted by atomic mass is 16.3. The van der Waals surface area contributed by atoms with Gasteiger partial charge in [0.1, 0.15) is 0 Å². The summed E-state index contributed by atoms with van der Waals surface area (Å²) in [7, 11) is 0. The minimum Gasteiger partial charge on any atom is -0.391 e. The van der Waals surface area contributed by atoms with E-state index in [0.717, 1.165) is 16.8 Å². The molecule has 2 N–H and O–H groups in total. The molecule has 132 valence electrons. The first-order chi connectivity index (χ1) is 12.6. The summed E-state index contributed by atoms with van der Waals surface area (Å²) in [5.41, 5.74) is 3.23.